The smallest absolute Gasteiger partial charge is 0.253 e. The van der Waals surface area contributed by atoms with E-state index in [9.17, 15) is 0 Å². The van der Waals surface area contributed by atoms with Crippen LogP contribution < -0.4 is 4.90 Å². The number of hydrogen-bond acceptors (Lipinski definition) is 6. The van der Waals surface area contributed by atoms with Gasteiger partial charge in [0.15, 0.2) is 11.4 Å². The maximum Gasteiger partial charge on any atom is 0.253 e. The molecular weight excluding hydrogens is 402 g/mol. The molecule has 0 saturated carbocycles. The first-order chi connectivity index (χ1) is 15.8. The molecule has 0 unspecified atom stereocenters. The van der Waals surface area contributed by atoms with Crippen LogP contribution in [0.2, 0.25) is 0 Å². The molecule has 0 spiro atoms. The monoisotopic (exact) mass is 427 g/mol. The Kier molecular flexibility index (Phi) is 5.56. The summed E-state index contributed by atoms with van der Waals surface area (Å²) < 4.78 is 13.5. The predicted molar refractivity (Wildman–Crippen MR) is 126 cm³/mol. The Labute approximate surface area is 186 Å². The van der Waals surface area contributed by atoms with Crippen LogP contribution in [0, 0.1) is 0 Å². The Hall–Kier alpha value is -3.71. The molecule has 4 aromatic rings. The molecule has 0 radical (unpaired) electrons. The molecule has 4 heterocycles. The summed E-state index contributed by atoms with van der Waals surface area (Å²) in [6.07, 6.45) is 9.84. The van der Waals surface area contributed by atoms with Gasteiger partial charge in [0.2, 0.25) is 0 Å². The Morgan fingerprint density at radius 1 is 1.03 bits per heavy atom. The van der Waals surface area contributed by atoms with Crippen molar-refractivity contribution in [1.82, 2.24) is 19.7 Å². The fourth-order valence-corrected chi connectivity index (χ4v) is 3.85. The highest BCUT2D eigenvalue weighted by atomic mass is 16.5. The fraction of sp³-hybridized carbons (Fsp3) is 0.240. The topological polar surface area (TPSA) is 69.2 Å². The highest BCUT2D eigenvalue weighted by molar-refractivity contribution is 5.89. The SMILES string of the molecule is C/C=C\C(=C/C)c1cc2nc(-n3cc(-c4ccccc4)cn3)nc(N3CCOCC3)c2o1. The Morgan fingerprint density at radius 2 is 1.84 bits per heavy atom. The third-order valence-corrected chi connectivity index (χ3v) is 5.49. The lowest BCUT2D eigenvalue weighted by atomic mass is 10.1. The molecular formula is C25H25N5O2. The number of ether oxygens (including phenoxy) is 1. The van der Waals surface area contributed by atoms with Crippen molar-refractivity contribution in [2.24, 2.45) is 0 Å². The molecule has 32 heavy (non-hydrogen) atoms. The van der Waals surface area contributed by atoms with Crippen molar-refractivity contribution in [2.45, 2.75) is 13.8 Å². The molecule has 0 bridgehead atoms. The molecule has 5 rings (SSSR count). The third kappa shape index (κ3) is 3.83. The van der Waals surface area contributed by atoms with Gasteiger partial charge in [-0.1, -0.05) is 48.6 Å². The molecule has 0 N–H and O–H groups in total. The van der Waals surface area contributed by atoms with Crippen molar-refractivity contribution in [3.05, 3.63) is 72.8 Å². The minimum atomic E-state index is 0.515. The number of furan rings is 1. The van der Waals surface area contributed by atoms with Crippen LogP contribution in [0.3, 0.4) is 0 Å². The maximum absolute atomic E-state index is 6.27. The molecule has 3 aromatic heterocycles. The summed E-state index contributed by atoms with van der Waals surface area (Å²) in [5.41, 5.74) is 4.56. The van der Waals surface area contributed by atoms with Gasteiger partial charge in [-0.05, 0) is 19.4 Å². The summed E-state index contributed by atoms with van der Waals surface area (Å²) >= 11 is 0. The maximum atomic E-state index is 6.27. The predicted octanol–water partition coefficient (Wildman–Crippen LogP) is 4.89. The van der Waals surface area contributed by atoms with Crippen LogP contribution in [0.15, 0.2) is 71.4 Å². The van der Waals surface area contributed by atoms with Crippen molar-refractivity contribution in [3.8, 4) is 17.1 Å². The van der Waals surface area contributed by atoms with E-state index in [1.165, 1.54) is 0 Å². The van der Waals surface area contributed by atoms with Gasteiger partial charge in [0, 0.05) is 36.5 Å². The summed E-state index contributed by atoms with van der Waals surface area (Å²) in [5.74, 6) is 2.06. The molecule has 7 nitrogen and oxygen atoms in total. The second kappa shape index (κ2) is 8.80. The average molecular weight is 428 g/mol. The number of fused-ring (bicyclic) bond motifs is 1. The zero-order valence-corrected chi connectivity index (χ0v) is 18.2. The van der Waals surface area contributed by atoms with Crippen LogP contribution in [0.25, 0.3) is 33.7 Å². The fourth-order valence-electron chi connectivity index (χ4n) is 3.85. The van der Waals surface area contributed by atoms with Crippen LogP contribution >= 0.6 is 0 Å². The lowest BCUT2D eigenvalue weighted by Crippen LogP contribution is -2.37. The molecule has 162 valence electrons. The average Bonchev–Trinajstić information content (AvgIpc) is 3.50. The van der Waals surface area contributed by atoms with Gasteiger partial charge in [-0.3, -0.25) is 0 Å². The van der Waals surface area contributed by atoms with Gasteiger partial charge in [-0.15, -0.1) is 0 Å². The largest absolute Gasteiger partial charge is 0.450 e. The summed E-state index contributed by atoms with van der Waals surface area (Å²) in [7, 11) is 0. The minimum absolute atomic E-state index is 0.515. The van der Waals surface area contributed by atoms with E-state index >= 15 is 0 Å². The highest BCUT2D eigenvalue weighted by Gasteiger charge is 2.22. The van der Waals surface area contributed by atoms with Gasteiger partial charge < -0.3 is 14.1 Å². The van der Waals surface area contributed by atoms with E-state index in [4.69, 9.17) is 19.1 Å². The van der Waals surface area contributed by atoms with Crippen LogP contribution in [0.1, 0.15) is 19.6 Å². The molecule has 7 heteroatoms. The first-order valence-corrected chi connectivity index (χ1v) is 10.8. The minimum Gasteiger partial charge on any atom is -0.450 e. The van der Waals surface area contributed by atoms with Crippen molar-refractivity contribution < 1.29 is 9.15 Å². The first-order valence-electron chi connectivity index (χ1n) is 10.8. The lowest BCUT2D eigenvalue weighted by Gasteiger charge is -2.27. The van der Waals surface area contributed by atoms with E-state index in [-0.39, 0.29) is 0 Å². The van der Waals surface area contributed by atoms with Gasteiger partial charge in [-0.2, -0.15) is 10.1 Å². The molecule has 1 aliphatic heterocycles. The summed E-state index contributed by atoms with van der Waals surface area (Å²) in [5, 5.41) is 4.54. The van der Waals surface area contributed by atoms with Crippen molar-refractivity contribution in [3.63, 3.8) is 0 Å². The zero-order valence-electron chi connectivity index (χ0n) is 18.2. The Morgan fingerprint density at radius 3 is 2.59 bits per heavy atom. The number of hydrogen-bond donors (Lipinski definition) is 0. The number of rotatable bonds is 5. The standard InChI is InChI=1S/C25H25N5O2/c1-3-8-18(4-2)22-15-21-23(32-22)24(29-11-13-31-14-12-29)28-25(27-21)30-17-20(16-26-30)19-9-6-5-7-10-19/h3-10,15-17H,11-14H2,1-2H3/b8-3-,18-4+. The number of anilines is 1. The molecule has 1 aliphatic rings. The van der Waals surface area contributed by atoms with Crippen molar-refractivity contribution in [1.29, 1.82) is 0 Å². The van der Waals surface area contributed by atoms with Gasteiger partial charge in [0.25, 0.3) is 5.95 Å². The molecule has 0 aliphatic carbocycles. The highest BCUT2D eigenvalue weighted by Crippen LogP contribution is 2.32. The number of allylic oxidation sites excluding steroid dienone is 4. The van der Waals surface area contributed by atoms with Gasteiger partial charge >= 0.3 is 0 Å². The van der Waals surface area contributed by atoms with Gasteiger partial charge in [0.05, 0.1) is 19.4 Å². The summed E-state index contributed by atoms with van der Waals surface area (Å²) in [6.45, 7) is 6.81. The molecule has 0 amide bonds. The van der Waals surface area contributed by atoms with Crippen molar-refractivity contribution in [2.75, 3.05) is 31.2 Å². The third-order valence-electron chi connectivity index (χ3n) is 5.49. The summed E-state index contributed by atoms with van der Waals surface area (Å²) in [4.78, 5) is 11.9. The molecule has 0 atom stereocenters. The normalized spacial score (nSPS) is 15.2. The van der Waals surface area contributed by atoms with E-state index in [2.05, 4.69) is 22.1 Å². The van der Waals surface area contributed by atoms with Crippen molar-refractivity contribution >= 4 is 22.5 Å². The van der Waals surface area contributed by atoms with Crippen LogP contribution in [0.5, 0.6) is 0 Å². The number of benzene rings is 1. The number of morpholine rings is 1. The number of nitrogens with zero attached hydrogens (tertiary/aromatic N) is 5. The Balaban J connectivity index is 1.63. The van der Waals surface area contributed by atoms with Gasteiger partial charge in [0.1, 0.15) is 11.3 Å². The van der Waals surface area contributed by atoms with Crippen LogP contribution in [-0.4, -0.2) is 46.1 Å². The lowest BCUT2D eigenvalue weighted by molar-refractivity contribution is 0.122. The van der Waals surface area contributed by atoms with E-state index in [1.54, 1.807) is 4.68 Å². The second-order valence-corrected chi connectivity index (χ2v) is 7.56. The molecule has 1 fully saturated rings. The molecule has 1 aromatic carbocycles. The van der Waals surface area contributed by atoms with E-state index in [0.29, 0.717) is 24.7 Å². The number of aromatic nitrogens is 4. The zero-order chi connectivity index (χ0) is 21.9. The summed E-state index contributed by atoms with van der Waals surface area (Å²) in [6, 6.07) is 12.1. The second-order valence-electron chi connectivity index (χ2n) is 7.56. The first kappa shape index (κ1) is 20.2. The quantitative estimate of drug-likeness (QED) is 0.422. The van der Waals surface area contributed by atoms with Crippen LogP contribution in [-0.2, 0) is 4.74 Å². The van der Waals surface area contributed by atoms with Gasteiger partial charge in [-0.25, -0.2) is 9.67 Å². The van der Waals surface area contributed by atoms with E-state index < -0.39 is 0 Å². The van der Waals surface area contributed by atoms with E-state index in [0.717, 1.165) is 46.9 Å². The van der Waals surface area contributed by atoms with E-state index in [1.807, 2.05) is 68.7 Å². The van der Waals surface area contributed by atoms with Crippen LogP contribution in [0.4, 0.5) is 5.82 Å². The Bertz CT molecular complexity index is 1280. The molecule has 1 saturated heterocycles.